The van der Waals surface area contributed by atoms with Crippen molar-refractivity contribution in [2.45, 2.75) is 27.2 Å². The molecule has 1 aromatic carbocycles. The lowest BCUT2D eigenvalue weighted by molar-refractivity contribution is -0.116. The van der Waals surface area contributed by atoms with Crippen LogP contribution in [0.3, 0.4) is 0 Å². The Bertz CT molecular complexity index is 1160. The fourth-order valence-corrected chi connectivity index (χ4v) is 3.42. The van der Waals surface area contributed by atoms with E-state index < -0.39 is 0 Å². The Balaban J connectivity index is 1.37. The summed E-state index contributed by atoms with van der Waals surface area (Å²) in [4.78, 5) is 20.0. The summed E-state index contributed by atoms with van der Waals surface area (Å²) >= 11 is 0. The highest BCUT2D eigenvalue weighted by atomic mass is 16.5. The molecule has 0 saturated heterocycles. The number of aryl methyl sites for hydroxylation is 2. The number of carbonyl (C=O) groups is 1. The van der Waals surface area contributed by atoms with E-state index in [1.165, 1.54) is 0 Å². The van der Waals surface area contributed by atoms with Gasteiger partial charge >= 0.3 is 0 Å². The lowest BCUT2D eigenvalue weighted by Crippen LogP contribution is -2.23. The van der Waals surface area contributed by atoms with Crippen LogP contribution in [0, 0.1) is 20.8 Å². The Labute approximate surface area is 168 Å². The Morgan fingerprint density at radius 1 is 1.24 bits per heavy atom. The summed E-state index contributed by atoms with van der Waals surface area (Å²) in [6.07, 6.45) is 4.02. The minimum atomic E-state index is -0.136. The van der Waals surface area contributed by atoms with E-state index in [1.54, 1.807) is 6.08 Å². The van der Waals surface area contributed by atoms with Gasteiger partial charge in [-0.15, -0.1) is 0 Å². The van der Waals surface area contributed by atoms with Crippen molar-refractivity contribution in [3.8, 4) is 5.82 Å². The van der Waals surface area contributed by atoms with Crippen molar-refractivity contribution in [2.75, 3.05) is 6.54 Å². The molecule has 3 heterocycles. The first kappa shape index (κ1) is 18.7. The molecule has 0 atom stereocenters. The van der Waals surface area contributed by atoms with Gasteiger partial charge in [0.15, 0.2) is 5.82 Å². The van der Waals surface area contributed by atoms with Crippen molar-refractivity contribution in [1.29, 1.82) is 0 Å². The third-order valence-electron chi connectivity index (χ3n) is 4.83. The highest BCUT2D eigenvalue weighted by Gasteiger charge is 2.12. The number of carbonyl (C=O) groups excluding carboxylic acids is 1. The molecule has 2 N–H and O–H groups in total. The van der Waals surface area contributed by atoms with Gasteiger partial charge in [-0.25, -0.2) is 4.98 Å². The molecular formula is C22H23N5O2. The summed E-state index contributed by atoms with van der Waals surface area (Å²) in [6, 6.07) is 11.8. The molecule has 3 aromatic heterocycles. The van der Waals surface area contributed by atoms with E-state index in [9.17, 15) is 4.79 Å². The van der Waals surface area contributed by atoms with Crippen LogP contribution in [-0.2, 0) is 11.2 Å². The quantitative estimate of drug-likeness (QED) is 0.493. The molecule has 0 aliphatic heterocycles. The summed E-state index contributed by atoms with van der Waals surface area (Å²) in [5, 5.41) is 6.98. The topological polar surface area (TPSA) is 88.7 Å². The molecule has 0 aliphatic rings. The second-order valence-electron chi connectivity index (χ2n) is 7.03. The number of nitrogens with one attached hydrogen (secondary N) is 2. The monoisotopic (exact) mass is 389 g/mol. The van der Waals surface area contributed by atoms with Gasteiger partial charge in [-0.1, -0.05) is 17.3 Å². The molecule has 29 heavy (non-hydrogen) atoms. The maximum atomic E-state index is 12.2. The summed E-state index contributed by atoms with van der Waals surface area (Å²) < 4.78 is 7.19. The van der Waals surface area contributed by atoms with Crippen LogP contribution in [0.4, 0.5) is 0 Å². The largest absolute Gasteiger partial charge is 0.360 e. The molecule has 0 bridgehead atoms. The van der Waals surface area contributed by atoms with Gasteiger partial charge in [0.05, 0.1) is 11.0 Å². The number of imidazole rings is 1. The third-order valence-corrected chi connectivity index (χ3v) is 4.83. The molecular weight excluding hydrogens is 366 g/mol. The molecule has 7 nitrogen and oxygen atoms in total. The number of aromatic nitrogens is 4. The first-order valence-corrected chi connectivity index (χ1v) is 9.53. The number of para-hydroxylation sites is 2. The molecule has 1 amide bonds. The average Bonchev–Trinajstić information content (AvgIpc) is 3.37. The van der Waals surface area contributed by atoms with Crippen LogP contribution >= 0.6 is 0 Å². The zero-order chi connectivity index (χ0) is 20.4. The van der Waals surface area contributed by atoms with E-state index in [-0.39, 0.29) is 5.91 Å². The van der Waals surface area contributed by atoms with Gasteiger partial charge in [0, 0.05) is 36.5 Å². The van der Waals surface area contributed by atoms with Crippen LogP contribution in [0.2, 0.25) is 0 Å². The van der Waals surface area contributed by atoms with Gasteiger partial charge in [0.25, 0.3) is 0 Å². The molecule has 0 unspecified atom stereocenters. The number of amides is 1. The van der Waals surface area contributed by atoms with Crippen LogP contribution in [0.5, 0.6) is 0 Å². The van der Waals surface area contributed by atoms with Gasteiger partial charge in [-0.2, -0.15) is 0 Å². The van der Waals surface area contributed by atoms with E-state index >= 15 is 0 Å². The second kappa shape index (κ2) is 7.79. The van der Waals surface area contributed by atoms with Crippen molar-refractivity contribution in [3.63, 3.8) is 0 Å². The van der Waals surface area contributed by atoms with Gasteiger partial charge < -0.3 is 14.8 Å². The van der Waals surface area contributed by atoms with Gasteiger partial charge in [0.2, 0.25) is 5.91 Å². The molecule has 0 fully saturated rings. The van der Waals surface area contributed by atoms with Crippen molar-refractivity contribution < 1.29 is 9.32 Å². The Hall–Kier alpha value is -3.61. The smallest absolute Gasteiger partial charge is 0.244 e. The number of hydrogen-bond donors (Lipinski definition) is 2. The first-order chi connectivity index (χ1) is 14.0. The zero-order valence-corrected chi connectivity index (χ0v) is 16.7. The number of benzene rings is 1. The number of fused-ring (bicyclic) bond motifs is 1. The molecule has 7 heteroatoms. The summed E-state index contributed by atoms with van der Waals surface area (Å²) in [5.41, 5.74) is 4.94. The lowest BCUT2D eigenvalue weighted by atomic mass is 10.2. The van der Waals surface area contributed by atoms with E-state index in [4.69, 9.17) is 4.52 Å². The van der Waals surface area contributed by atoms with Crippen LogP contribution in [-0.4, -0.2) is 32.1 Å². The van der Waals surface area contributed by atoms with E-state index in [2.05, 4.69) is 20.4 Å². The van der Waals surface area contributed by atoms with Crippen LogP contribution in [0.1, 0.15) is 28.5 Å². The first-order valence-electron chi connectivity index (χ1n) is 9.53. The van der Waals surface area contributed by atoms with Crippen LogP contribution in [0.25, 0.3) is 22.9 Å². The normalized spacial score (nSPS) is 11.6. The average molecular weight is 389 g/mol. The Morgan fingerprint density at radius 3 is 2.83 bits per heavy atom. The number of aromatic amines is 1. The fourth-order valence-electron chi connectivity index (χ4n) is 3.42. The van der Waals surface area contributed by atoms with Crippen molar-refractivity contribution in [3.05, 3.63) is 71.0 Å². The summed E-state index contributed by atoms with van der Waals surface area (Å²) in [5.74, 6) is 2.23. The van der Waals surface area contributed by atoms with Gasteiger partial charge in [-0.05, 0) is 50.6 Å². The third kappa shape index (κ3) is 3.99. The minimum Gasteiger partial charge on any atom is -0.360 e. The highest BCUT2D eigenvalue weighted by Crippen LogP contribution is 2.21. The Morgan fingerprint density at radius 2 is 2.07 bits per heavy atom. The number of rotatable bonds is 6. The fraction of sp³-hybridized carbons (Fsp3) is 0.227. The Kier molecular flexibility index (Phi) is 5.03. The predicted molar refractivity (Wildman–Crippen MR) is 112 cm³/mol. The zero-order valence-electron chi connectivity index (χ0n) is 16.7. The second-order valence-corrected chi connectivity index (χ2v) is 7.03. The molecule has 0 spiro atoms. The minimum absolute atomic E-state index is 0.136. The number of H-pyrrole nitrogens is 1. The van der Waals surface area contributed by atoms with Crippen molar-refractivity contribution in [1.82, 2.24) is 25.0 Å². The SMILES string of the molecule is Cc1cc(-n2c(C)cc(/C=C/C(=O)NCCc3nc4ccccc4[nH]3)c2C)no1. The molecule has 4 aromatic rings. The van der Waals surface area contributed by atoms with E-state index in [0.29, 0.717) is 13.0 Å². The molecule has 0 saturated carbocycles. The molecule has 0 radical (unpaired) electrons. The molecule has 4 rings (SSSR count). The molecule has 0 aliphatic carbocycles. The van der Waals surface area contributed by atoms with Crippen LogP contribution in [0.15, 0.2) is 47.0 Å². The maximum Gasteiger partial charge on any atom is 0.244 e. The predicted octanol–water partition coefficient (Wildman–Crippen LogP) is 3.64. The van der Waals surface area contributed by atoms with Crippen LogP contribution < -0.4 is 5.32 Å². The highest BCUT2D eigenvalue weighted by molar-refractivity contribution is 5.91. The van der Waals surface area contributed by atoms with E-state index in [0.717, 1.165) is 45.4 Å². The number of hydrogen-bond acceptors (Lipinski definition) is 4. The van der Waals surface area contributed by atoms with Crippen molar-refractivity contribution >= 4 is 23.0 Å². The standard InChI is InChI=1S/C22H23N5O2/c1-14-12-17(16(3)27(14)21-13-15(2)29-26-21)8-9-22(28)23-11-10-20-24-18-6-4-5-7-19(18)25-20/h4-9,12-13H,10-11H2,1-3H3,(H,23,28)(H,24,25)/b9-8+. The summed E-state index contributed by atoms with van der Waals surface area (Å²) in [6.45, 7) is 6.37. The maximum absolute atomic E-state index is 12.2. The number of nitrogens with zero attached hydrogens (tertiary/aromatic N) is 3. The van der Waals surface area contributed by atoms with Gasteiger partial charge in [-0.3, -0.25) is 9.36 Å². The molecule has 148 valence electrons. The lowest BCUT2D eigenvalue weighted by Gasteiger charge is -2.04. The van der Waals surface area contributed by atoms with Crippen molar-refractivity contribution in [2.24, 2.45) is 0 Å². The van der Waals surface area contributed by atoms with E-state index in [1.807, 2.05) is 67.8 Å². The van der Waals surface area contributed by atoms with Gasteiger partial charge in [0.1, 0.15) is 11.6 Å². The summed E-state index contributed by atoms with van der Waals surface area (Å²) in [7, 11) is 0.